The minimum absolute atomic E-state index is 0.130. The van der Waals surface area contributed by atoms with Gasteiger partial charge in [-0.25, -0.2) is 0 Å². The lowest BCUT2D eigenvalue weighted by molar-refractivity contribution is -0.285. The maximum absolute atomic E-state index is 12.1. The monoisotopic (exact) mass is 294 g/mol. The highest BCUT2D eigenvalue weighted by molar-refractivity contribution is 5.69. The number of carbonyl (C=O) groups is 1. The van der Waals surface area contributed by atoms with Crippen LogP contribution in [-0.2, 0) is 14.3 Å². The number of hydrogen-bond donors (Lipinski definition) is 0. The third-order valence-corrected chi connectivity index (χ3v) is 1.89. The molecule has 0 radical (unpaired) electrons. The van der Waals surface area contributed by atoms with Gasteiger partial charge in [-0.15, -0.1) is 6.58 Å². The lowest BCUT2D eigenvalue weighted by Gasteiger charge is -2.21. The first kappa shape index (κ1) is 17.8. The van der Waals surface area contributed by atoms with Crippen LogP contribution in [-0.4, -0.2) is 38.1 Å². The average Bonchev–Trinajstić information content (AvgIpc) is 2.22. The van der Waals surface area contributed by atoms with E-state index in [2.05, 4.69) is 11.3 Å². The molecule has 0 aromatic rings. The molecule has 112 valence electrons. The van der Waals surface area contributed by atoms with Crippen molar-refractivity contribution in [1.29, 1.82) is 0 Å². The van der Waals surface area contributed by atoms with Gasteiger partial charge in [0.15, 0.2) is 5.92 Å². The fourth-order valence-electron chi connectivity index (χ4n) is 1.02. The summed E-state index contributed by atoms with van der Waals surface area (Å²) in [6, 6.07) is 0. The molecule has 0 heterocycles. The summed E-state index contributed by atoms with van der Waals surface area (Å²) in [5.41, 5.74) is 0. The molecule has 0 aromatic carbocycles. The van der Waals surface area contributed by atoms with Gasteiger partial charge in [-0.3, -0.25) is 4.79 Å². The Bertz CT molecular complexity index is 283. The summed E-state index contributed by atoms with van der Waals surface area (Å²) < 4.78 is 81.6. The number of rotatable bonds is 7. The Labute approximate surface area is 105 Å². The van der Waals surface area contributed by atoms with E-state index in [9.17, 15) is 31.1 Å². The van der Waals surface area contributed by atoms with Crippen molar-refractivity contribution in [3.05, 3.63) is 12.7 Å². The molecule has 0 bridgehead atoms. The lowest BCUT2D eigenvalue weighted by atomic mass is 10.1. The summed E-state index contributed by atoms with van der Waals surface area (Å²) in [6.07, 6.45) is -11.5. The molecule has 0 rings (SSSR count). The van der Waals surface area contributed by atoms with Crippen molar-refractivity contribution in [1.82, 2.24) is 0 Å². The van der Waals surface area contributed by atoms with Gasteiger partial charge in [0.25, 0.3) is 0 Å². The molecule has 0 N–H and O–H groups in total. The first-order chi connectivity index (χ1) is 8.59. The molecule has 0 aliphatic rings. The third-order valence-electron chi connectivity index (χ3n) is 1.89. The van der Waals surface area contributed by atoms with Crippen LogP contribution in [0.25, 0.3) is 0 Å². The Morgan fingerprint density at radius 2 is 1.63 bits per heavy atom. The SMILES string of the molecule is C=CCOCCOC(=O)CC(C(F)(F)F)C(F)(F)F. The molecule has 0 saturated carbocycles. The summed E-state index contributed by atoms with van der Waals surface area (Å²) in [4.78, 5) is 10.9. The Balaban J connectivity index is 4.23. The van der Waals surface area contributed by atoms with Crippen LogP contribution >= 0.6 is 0 Å². The van der Waals surface area contributed by atoms with Crippen molar-refractivity contribution in [2.45, 2.75) is 18.8 Å². The summed E-state index contributed by atoms with van der Waals surface area (Å²) in [7, 11) is 0. The second-order valence-corrected chi connectivity index (χ2v) is 3.42. The van der Waals surface area contributed by atoms with Gasteiger partial charge in [-0.1, -0.05) is 6.08 Å². The molecule has 0 fully saturated rings. The zero-order valence-corrected chi connectivity index (χ0v) is 9.68. The van der Waals surface area contributed by atoms with Crippen LogP contribution in [0.2, 0.25) is 0 Å². The van der Waals surface area contributed by atoms with Crippen LogP contribution in [0, 0.1) is 5.92 Å². The molecule has 9 heteroatoms. The number of ether oxygens (including phenoxy) is 2. The van der Waals surface area contributed by atoms with Crippen molar-refractivity contribution >= 4 is 5.97 Å². The predicted molar refractivity (Wildman–Crippen MR) is 52.2 cm³/mol. The molecule has 0 spiro atoms. The predicted octanol–water partition coefficient (Wildman–Crippen LogP) is 2.86. The Morgan fingerprint density at radius 3 is 2.05 bits per heavy atom. The Hall–Kier alpha value is -1.25. The van der Waals surface area contributed by atoms with E-state index in [0.29, 0.717) is 0 Å². The fourth-order valence-corrected chi connectivity index (χ4v) is 1.02. The second kappa shape index (κ2) is 7.37. The van der Waals surface area contributed by atoms with Gasteiger partial charge in [0.1, 0.15) is 6.61 Å². The largest absolute Gasteiger partial charge is 0.463 e. The van der Waals surface area contributed by atoms with E-state index in [4.69, 9.17) is 4.74 Å². The first-order valence-corrected chi connectivity index (χ1v) is 5.06. The van der Waals surface area contributed by atoms with Crippen LogP contribution in [0.1, 0.15) is 6.42 Å². The normalized spacial score (nSPS) is 12.6. The highest BCUT2D eigenvalue weighted by Gasteiger charge is 2.57. The Morgan fingerprint density at radius 1 is 1.11 bits per heavy atom. The van der Waals surface area contributed by atoms with Crippen LogP contribution < -0.4 is 0 Å². The van der Waals surface area contributed by atoms with Gasteiger partial charge >= 0.3 is 18.3 Å². The molecular weight excluding hydrogens is 282 g/mol. The van der Waals surface area contributed by atoms with Crippen molar-refractivity contribution < 1.29 is 40.6 Å². The number of alkyl halides is 6. The third kappa shape index (κ3) is 7.70. The van der Waals surface area contributed by atoms with Crippen LogP contribution in [0.4, 0.5) is 26.3 Å². The van der Waals surface area contributed by atoms with Crippen molar-refractivity contribution in [2.24, 2.45) is 5.92 Å². The molecule has 0 aliphatic carbocycles. The van der Waals surface area contributed by atoms with E-state index >= 15 is 0 Å². The lowest BCUT2D eigenvalue weighted by Crippen LogP contribution is -2.38. The molecule has 0 aliphatic heterocycles. The number of halogens is 6. The highest BCUT2D eigenvalue weighted by Crippen LogP contribution is 2.41. The van der Waals surface area contributed by atoms with Gasteiger partial charge in [0.05, 0.1) is 19.6 Å². The maximum atomic E-state index is 12.1. The fraction of sp³-hybridized carbons (Fsp3) is 0.700. The quantitative estimate of drug-likeness (QED) is 0.313. The van der Waals surface area contributed by atoms with Crippen LogP contribution in [0.15, 0.2) is 12.7 Å². The van der Waals surface area contributed by atoms with Crippen molar-refractivity contribution in [3.63, 3.8) is 0 Å². The summed E-state index contributed by atoms with van der Waals surface area (Å²) in [6.45, 7) is 2.87. The van der Waals surface area contributed by atoms with E-state index in [1.54, 1.807) is 0 Å². The second-order valence-electron chi connectivity index (χ2n) is 3.42. The summed E-state index contributed by atoms with van der Waals surface area (Å²) in [5, 5.41) is 0. The van der Waals surface area contributed by atoms with Gasteiger partial charge < -0.3 is 9.47 Å². The van der Waals surface area contributed by atoms with E-state index in [0.717, 1.165) is 0 Å². The molecule has 0 atom stereocenters. The maximum Gasteiger partial charge on any atom is 0.401 e. The number of carbonyl (C=O) groups excluding carboxylic acids is 1. The number of esters is 1. The molecule has 3 nitrogen and oxygen atoms in total. The summed E-state index contributed by atoms with van der Waals surface area (Å²) in [5.74, 6) is -5.30. The van der Waals surface area contributed by atoms with E-state index in [1.807, 2.05) is 0 Å². The minimum atomic E-state index is -5.55. The minimum Gasteiger partial charge on any atom is -0.463 e. The van der Waals surface area contributed by atoms with E-state index in [1.165, 1.54) is 6.08 Å². The first-order valence-electron chi connectivity index (χ1n) is 5.06. The van der Waals surface area contributed by atoms with Crippen molar-refractivity contribution in [2.75, 3.05) is 19.8 Å². The van der Waals surface area contributed by atoms with Gasteiger partial charge in [-0.2, -0.15) is 26.3 Å². The summed E-state index contributed by atoms with van der Waals surface area (Å²) >= 11 is 0. The number of hydrogen-bond acceptors (Lipinski definition) is 3. The topological polar surface area (TPSA) is 35.5 Å². The molecule has 0 aromatic heterocycles. The molecule has 19 heavy (non-hydrogen) atoms. The van der Waals surface area contributed by atoms with Gasteiger partial charge in [0, 0.05) is 0 Å². The average molecular weight is 294 g/mol. The molecule has 0 saturated heterocycles. The van der Waals surface area contributed by atoms with Gasteiger partial charge in [-0.05, 0) is 0 Å². The van der Waals surface area contributed by atoms with Crippen molar-refractivity contribution in [3.8, 4) is 0 Å². The van der Waals surface area contributed by atoms with E-state index < -0.39 is 37.3 Å². The van der Waals surface area contributed by atoms with Crippen LogP contribution in [0.5, 0.6) is 0 Å². The zero-order chi connectivity index (χ0) is 15.1. The molecule has 0 amide bonds. The van der Waals surface area contributed by atoms with Crippen LogP contribution in [0.3, 0.4) is 0 Å². The standard InChI is InChI=1S/C10H12F6O3/c1-2-3-18-4-5-19-8(17)6-7(9(11,12)13)10(14,15)16/h2,7H,1,3-6H2. The smallest absolute Gasteiger partial charge is 0.401 e. The molecule has 0 unspecified atom stereocenters. The molecular formula is C10H12F6O3. The van der Waals surface area contributed by atoms with Gasteiger partial charge in [0.2, 0.25) is 0 Å². The highest BCUT2D eigenvalue weighted by atomic mass is 19.4. The Kier molecular flexibility index (Phi) is 6.88. The van der Waals surface area contributed by atoms with E-state index in [-0.39, 0.29) is 13.2 Å². The zero-order valence-electron chi connectivity index (χ0n) is 9.68.